The Bertz CT molecular complexity index is 1180. The van der Waals surface area contributed by atoms with Crippen LogP contribution >= 0.6 is 0 Å². The number of aromatic nitrogens is 3. The van der Waals surface area contributed by atoms with Gasteiger partial charge in [-0.05, 0) is 0 Å². The molecule has 2 N–H and O–H groups in total. The van der Waals surface area contributed by atoms with Crippen LogP contribution in [0.3, 0.4) is 0 Å². The number of ether oxygens (including phenoxy) is 4. The van der Waals surface area contributed by atoms with Gasteiger partial charge in [-0.2, -0.15) is 0 Å². The van der Waals surface area contributed by atoms with Gasteiger partial charge in [0.1, 0.15) is 35.3 Å². The Morgan fingerprint density at radius 1 is 0.647 bits per heavy atom. The zero-order valence-corrected chi connectivity index (χ0v) is 31.9. The maximum Gasteiger partial charge on any atom is 0.246 e. The second kappa shape index (κ2) is 24.7. The van der Waals surface area contributed by atoms with Crippen molar-refractivity contribution in [3.05, 3.63) is 11.9 Å². The largest absolute Gasteiger partial charge is 0.378 e. The van der Waals surface area contributed by atoms with E-state index in [1.807, 2.05) is 55.4 Å². The lowest BCUT2D eigenvalue weighted by Gasteiger charge is -2.34. The Kier molecular flexibility index (Phi) is 22.1. The van der Waals surface area contributed by atoms with Gasteiger partial charge in [0.15, 0.2) is 0 Å². The van der Waals surface area contributed by atoms with Crippen molar-refractivity contribution in [3.8, 4) is 0 Å². The van der Waals surface area contributed by atoms with E-state index in [2.05, 4.69) is 20.9 Å². The molecule has 1 heterocycles. The van der Waals surface area contributed by atoms with E-state index in [0.29, 0.717) is 5.69 Å². The molecule has 15 heteroatoms. The van der Waals surface area contributed by atoms with Crippen molar-refractivity contribution in [2.45, 2.75) is 99.6 Å². The van der Waals surface area contributed by atoms with E-state index in [1.165, 1.54) is 4.68 Å². The molecule has 290 valence electrons. The molecule has 0 saturated heterocycles. The molecule has 0 aliphatic heterocycles. The first-order chi connectivity index (χ1) is 24.0. The molecule has 0 radical (unpaired) electrons. The maximum atomic E-state index is 13.2. The summed E-state index contributed by atoms with van der Waals surface area (Å²) in [6, 6.07) is 0. The molecule has 0 bridgehead atoms. The molecule has 1 rings (SSSR count). The van der Waals surface area contributed by atoms with E-state index in [1.54, 1.807) is 6.20 Å². The minimum atomic E-state index is -1.20. The van der Waals surface area contributed by atoms with E-state index >= 15 is 0 Å². The number of rotatable bonds is 30. The standard InChI is InChI=1S/C36H61N5O10/c1-25(2)30(42)9-13-37-34(46)19-29-20-41(40-39-29)14-18-48-21-35(47)38-36(22-49-15-10-31(43)26(3)4,23-50-16-11-32(44)27(5)6)24-51-17-12-33(45)28(7)8/h20,25-28H,9-19,21-24H2,1-8H3,(H,37,46)(H,38,47). The fraction of sp³-hybridized carbons (Fsp3) is 0.778. The third-order valence-corrected chi connectivity index (χ3v) is 7.91. The molecule has 1 aromatic rings. The van der Waals surface area contributed by atoms with Crippen molar-refractivity contribution in [1.29, 1.82) is 0 Å². The summed E-state index contributed by atoms with van der Waals surface area (Å²) in [5, 5.41) is 13.6. The molecule has 0 aliphatic carbocycles. The third kappa shape index (κ3) is 20.3. The Morgan fingerprint density at radius 3 is 1.55 bits per heavy atom. The molecule has 15 nitrogen and oxygen atoms in total. The van der Waals surface area contributed by atoms with Gasteiger partial charge in [0.05, 0.1) is 64.9 Å². The number of nitrogens with zero attached hydrogens (tertiary/aromatic N) is 3. The van der Waals surface area contributed by atoms with Crippen LogP contribution in [0.4, 0.5) is 0 Å². The monoisotopic (exact) mass is 723 g/mol. The molecule has 0 spiro atoms. The molecule has 51 heavy (non-hydrogen) atoms. The lowest BCUT2D eigenvalue weighted by molar-refractivity contribution is -0.134. The number of carbonyl (C=O) groups is 6. The molecule has 0 saturated carbocycles. The van der Waals surface area contributed by atoms with Crippen LogP contribution in [0.2, 0.25) is 0 Å². The summed E-state index contributed by atoms with van der Waals surface area (Å²) < 4.78 is 24.7. The highest BCUT2D eigenvalue weighted by Gasteiger charge is 2.34. The molecule has 0 fully saturated rings. The zero-order valence-electron chi connectivity index (χ0n) is 31.9. The quantitative estimate of drug-likeness (QED) is 0.110. The Balaban J connectivity index is 2.82. The molecule has 1 aromatic heterocycles. The van der Waals surface area contributed by atoms with Crippen LogP contribution in [0.1, 0.15) is 86.8 Å². The Labute approximate surface area is 302 Å². The molecular formula is C36H61N5O10. The van der Waals surface area contributed by atoms with Gasteiger partial charge in [-0.25, -0.2) is 4.68 Å². The first-order valence-corrected chi connectivity index (χ1v) is 17.9. The molecule has 0 unspecified atom stereocenters. The number of Topliss-reactive ketones (excluding diaryl/α,β-unsaturated/α-hetero) is 4. The van der Waals surface area contributed by atoms with Crippen molar-refractivity contribution in [2.75, 3.05) is 59.4 Å². The molecule has 0 aromatic carbocycles. The number of amides is 2. The predicted molar refractivity (Wildman–Crippen MR) is 189 cm³/mol. The van der Waals surface area contributed by atoms with Gasteiger partial charge in [0.2, 0.25) is 11.8 Å². The SMILES string of the molecule is CC(C)C(=O)CCNC(=O)Cc1cn(CCOCC(=O)NC(COCCC(=O)C(C)C)(COCCC(=O)C(C)C)COCCC(=O)C(C)C)nn1. The number of nitrogens with one attached hydrogen (secondary N) is 2. The topological polar surface area (TPSA) is 194 Å². The summed E-state index contributed by atoms with van der Waals surface area (Å²) >= 11 is 0. The van der Waals surface area contributed by atoms with Crippen LogP contribution in [0.5, 0.6) is 0 Å². The van der Waals surface area contributed by atoms with Crippen molar-refractivity contribution in [2.24, 2.45) is 23.7 Å². The van der Waals surface area contributed by atoms with Crippen LogP contribution in [0, 0.1) is 23.7 Å². The van der Waals surface area contributed by atoms with Crippen LogP contribution in [-0.4, -0.2) is 115 Å². The molecular weight excluding hydrogens is 662 g/mol. The summed E-state index contributed by atoms with van der Waals surface area (Å²) in [6.07, 6.45) is 2.49. The van der Waals surface area contributed by atoms with E-state index in [0.717, 1.165) is 0 Å². The van der Waals surface area contributed by atoms with E-state index in [-0.39, 0.29) is 151 Å². The highest BCUT2D eigenvalue weighted by atomic mass is 16.5. The maximum absolute atomic E-state index is 13.2. The summed E-state index contributed by atoms with van der Waals surface area (Å²) in [5.41, 5.74) is -0.752. The number of carbonyl (C=O) groups excluding carboxylic acids is 6. The van der Waals surface area contributed by atoms with E-state index in [4.69, 9.17) is 18.9 Å². The van der Waals surface area contributed by atoms with Crippen molar-refractivity contribution in [1.82, 2.24) is 25.6 Å². The zero-order chi connectivity index (χ0) is 38.4. The highest BCUT2D eigenvalue weighted by Crippen LogP contribution is 2.12. The van der Waals surface area contributed by atoms with Gasteiger partial charge in [-0.1, -0.05) is 60.6 Å². The normalized spacial score (nSPS) is 11.8. The average Bonchev–Trinajstić information content (AvgIpc) is 3.51. The number of ketones is 4. The van der Waals surface area contributed by atoms with Crippen molar-refractivity contribution >= 4 is 34.9 Å². The summed E-state index contributed by atoms with van der Waals surface area (Å²) in [5.74, 6) is -1.03. The van der Waals surface area contributed by atoms with Gasteiger partial charge in [0.25, 0.3) is 0 Å². The van der Waals surface area contributed by atoms with Crippen LogP contribution < -0.4 is 10.6 Å². The molecule has 0 aliphatic rings. The lowest BCUT2D eigenvalue weighted by atomic mass is 10.0. The summed E-state index contributed by atoms with van der Waals surface area (Å²) in [7, 11) is 0. The second-order valence-corrected chi connectivity index (χ2v) is 14.0. The van der Waals surface area contributed by atoms with Crippen molar-refractivity contribution in [3.63, 3.8) is 0 Å². The lowest BCUT2D eigenvalue weighted by Crippen LogP contribution is -2.59. The molecule has 2 amide bonds. The smallest absolute Gasteiger partial charge is 0.246 e. The third-order valence-electron chi connectivity index (χ3n) is 7.91. The second-order valence-electron chi connectivity index (χ2n) is 14.0. The summed E-state index contributed by atoms with van der Waals surface area (Å²) in [6.45, 7) is 15.1. The van der Waals surface area contributed by atoms with E-state index in [9.17, 15) is 28.8 Å². The predicted octanol–water partition coefficient (Wildman–Crippen LogP) is 2.32. The van der Waals surface area contributed by atoms with Crippen LogP contribution in [0.15, 0.2) is 6.20 Å². The van der Waals surface area contributed by atoms with Crippen LogP contribution in [0.25, 0.3) is 0 Å². The first-order valence-electron chi connectivity index (χ1n) is 17.9. The first kappa shape index (κ1) is 45.6. The van der Waals surface area contributed by atoms with Crippen molar-refractivity contribution < 1.29 is 47.7 Å². The van der Waals surface area contributed by atoms with Gasteiger partial charge in [-0.3, -0.25) is 28.8 Å². The number of hydrogen-bond donors (Lipinski definition) is 2. The van der Waals surface area contributed by atoms with Gasteiger partial charge in [-0.15, -0.1) is 5.10 Å². The van der Waals surface area contributed by atoms with Gasteiger partial charge in [0, 0.05) is 62.1 Å². The molecule has 0 atom stereocenters. The van der Waals surface area contributed by atoms with Gasteiger partial charge < -0.3 is 29.6 Å². The fourth-order valence-corrected chi connectivity index (χ4v) is 4.44. The number of hydrogen-bond acceptors (Lipinski definition) is 12. The summed E-state index contributed by atoms with van der Waals surface area (Å²) in [4.78, 5) is 73.6. The van der Waals surface area contributed by atoms with Crippen LogP contribution in [-0.2, 0) is 60.7 Å². The fourth-order valence-electron chi connectivity index (χ4n) is 4.44. The average molecular weight is 724 g/mol. The Hall–Kier alpha value is -3.40. The minimum Gasteiger partial charge on any atom is -0.378 e. The highest BCUT2D eigenvalue weighted by molar-refractivity contribution is 5.82. The minimum absolute atomic E-state index is 0.0102. The Morgan fingerprint density at radius 2 is 1.10 bits per heavy atom. The van der Waals surface area contributed by atoms with Gasteiger partial charge >= 0.3 is 0 Å². The van der Waals surface area contributed by atoms with E-state index < -0.39 is 11.4 Å².